The van der Waals surface area contributed by atoms with Crippen LogP contribution in [0.3, 0.4) is 0 Å². The van der Waals surface area contributed by atoms with Crippen molar-refractivity contribution >= 4 is 11.6 Å². The normalized spacial score (nSPS) is 12.0. The summed E-state index contributed by atoms with van der Waals surface area (Å²) < 4.78 is 10.6. The summed E-state index contributed by atoms with van der Waals surface area (Å²) in [5, 5.41) is -0.190. The van der Waals surface area contributed by atoms with E-state index in [9.17, 15) is 0 Å². The van der Waals surface area contributed by atoms with Gasteiger partial charge in [0, 0.05) is 29.9 Å². The van der Waals surface area contributed by atoms with Gasteiger partial charge in [-0.15, -0.1) is 11.6 Å². The quantitative estimate of drug-likeness (QED) is 0.782. The number of aryl methyl sites for hydroxylation is 1. The van der Waals surface area contributed by atoms with Gasteiger partial charge in [0.1, 0.15) is 11.5 Å². The monoisotopic (exact) mass is 291 g/mol. The molecule has 0 aliphatic heterocycles. The predicted octanol–water partition coefficient (Wildman–Crippen LogP) is 3.93. The molecule has 0 fully saturated rings. The van der Waals surface area contributed by atoms with E-state index in [1.807, 2.05) is 37.3 Å². The Balaban J connectivity index is 2.25. The summed E-state index contributed by atoms with van der Waals surface area (Å²) in [7, 11) is 3.26. The molecular formula is C16H18ClNO2. The van der Waals surface area contributed by atoms with Crippen molar-refractivity contribution < 1.29 is 9.47 Å². The standard InChI is InChI=1S/C16H18ClNO2/c1-11-5-4-8-18-15(11)10-14(17)13-7-6-12(19-2)9-16(13)20-3/h4-9,14H,10H2,1-3H3. The second kappa shape index (κ2) is 6.62. The van der Waals surface area contributed by atoms with Gasteiger partial charge in [0.2, 0.25) is 0 Å². The van der Waals surface area contributed by atoms with Crippen LogP contribution in [0, 0.1) is 6.92 Å². The van der Waals surface area contributed by atoms with Crippen molar-refractivity contribution in [3.05, 3.63) is 53.3 Å². The zero-order valence-corrected chi connectivity index (χ0v) is 12.6. The van der Waals surface area contributed by atoms with Crippen LogP contribution in [0.2, 0.25) is 0 Å². The number of alkyl halides is 1. The summed E-state index contributed by atoms with van der Waals surface area (Å²) in [6, 6.07) is 9.63. The Morgan fingerprint density at radius 1 is 1.20 bits per heavy atom. The molecule has 1 aromatic carbocycles. The molecule has 20 heavy (non-hydrogen) atoms. The van der Waals surface area contributed by atoms with Crippen LogP contribution in [-0.4, -0.2) is 19.2 Å². The Morgan fingerprint density at radius 2 is 2.00 bits per heavy atom. The Hall–Kier alpha value is -1.74. The maximum absolute atomic E-state index is 6.53. The van der Waals surface area contributed by atoms with Crippen LogP contribution in [0.15, 0.2) is 36.5 Å². The van der Waals surface area contributed by atoms with Crippen LogP contribution < -0.4 is 9.47 Å². The predicted molar refractivity (Wildman–Crippen MR) is 80.8 cm³/mol. The van der Waals surface area contributed by atoms with Gasteiger partial charge in [-0.25, -0.2) is 0 Å². The highest BCUT2D eigenvalue weighted by molar-refractivity contribution is 6.21. The average Bonchev–Trinajstić information content (AvgIpc) is 2.48. The van der Waals surface area contributed by atoms with Crippen LogP contribution in [0.1, 0.15) is 22.2 Å². The van der Waals surface area contributed by atoms with Crippen molar-refractivity contribution in [3.63, 3.8) is 0 Å². The molecule has 106 valence electrons. The number of hydrogen-bond acceptors (Lipinski definition) is 3. The molecule has 0 aliphatic carbocycles. The van der Waals surface area contributed by atoms with Gasteiger partial charge in [-0.05, 0) is 24.6 Å². The third kappa shape index (κ3) is 3.23. The molecule has 0 saturated carbocycles. The third-order valence-corrected chi connectivity index (χ3v) is 3.66. The first-order valence-corrected chi connectivity index (χ1v) is 6.86. The van der Waals surface area contributed by atoms with E-state index in [4.69, 9.17) is 21.1 Å². The van der Waals surface area contributed by atoms with E-state index in [1.165, 1.54) is 0 Å². The number of methoxy groups -OCH3 is 2. The number of halogens is 1. The van der Waals surface area contributed by atoms with Gasteiger partial charge in [0.15, 0.2) is 0 Å². The van der Waals surface area contributed by atoms with E-state index < -0.39 is 0 Å². The highest BCUT2D eigenvalue weighted by Crippen LogP contribution is 2.34. The van der Waals surface area contributed by atoms with E-state index in [-0.39, 0.29) is 5.38 Å². The molecule has 0 aliphatic rings. The van der Waals surface area contributed by atoms with Crippen molar-refractivity contribution in [1.82, 2.24) is 4.98 Å². The number of aromatic nitrogens is 1. The molecule has 0 radical (unpaired) electrons. The minimum Gasteiger partial charge on any atom is -0.497 e. The van der Waals surface area contributed by atoms with E-state index >= 15 is 0 Å². The molecule has 2 aromatic rings. The fraction of sp³-hybridized carbons (Fsp3) is 0.312. The van der Waals surface area contributed by atoms with Gasteiger partial charge in [-0.1, -0.05) is 12.1 Å². The molecule has 1 heterocycles. The lowest BCUT2D eigenvalue weighted by atomic mass is 10.0. The van der Waals surface area contributed by atoms with Gasteiger partial charge in [-0.3, -0.25) is 4.98 Å². The number of nitrogens with zero attached hydrogens (tertiary/aromatic N) is 1. The van der Waals surface area contributed by atoms with E-state index in [0.29, 0.717) is 6.42 Å². The zero-order chi connectivity index (χ0) is 14.5. The third-order valence-electron chi connectivity index (χ3n) is 3.27. The molecule has 4 heteroatoms. The van der Waals surface area contributed by atoms with Gasteiger partial charge >= 0.3 is 0 Å². The maximum Gasteiger partial charge on any atom is 0.127 e. The van der Waals surface area contributed by atoms with Crippen molar-refractivity contribution in [2.24, 2.45) is 0 Å². The second-order valence-corrected chi connectivity index (χ2v) is 5.07. The lowest BCUT2D eigenvalue weighted by Gasteiger charge is -2.15. The molecule has 2 rings (SSSR count). The summed E-state index contributed by atoms with van der Waals surface area (Å²) >= 11 is 6.53. The van der Waals surface area contributed by atoms with Crippen molar-refractivity contribution in [1.29, 1.82) is 0 Å². The number of rotatable bonds is 5. The number of hydrogen-bond donors (Lipinski definition) is 0. The highest BCUT2D eigenvalue weighted by Gasteiger charge is 2.16. The SMILES string of the molecule is COc1ccc(C(Cl)Cc2ncccc2C)c(OC)c1. The smallest absolute Gasteiger partial charge is 0.127 e. The van der Waals surface area contributed by atoms with Gasteiger partial charge in [0.25, 0.3) is 0 Å². The van der Waals surface area contributed by atoms with Gasteiger partial charge in [-0.2, -0.15) is 0 Å². The second-order valence-electron chi connectivity index (χ2n) is 4.55. The topological polar surface area (TPSA) is 31.4 Å². The maximum atomic E-state index is 6.53. The molecule has 0 bridgehead atoms. The van der Waals surface area contributed by atoms with E-state index in [0.717, 1.165) is 28.3 Å². The van der Waals surface area contributed by atoms with Crippen molar-refractivity contribution in [2.75, 3.05) is 14.2 Å². The minimum absolute atomic E-state index is 0.190. The summed E-state index contributed by atoms with van der Waals surface area (Å²) in [5.74, 6) is 1.49. The zero-order valence-electron chi connectivity index (χ0n) is 11.9. The molecule has 0 saturated heterocycles. The van der Waals surface area contributed by atoms with Gasteiger partial charge < -0.3 is 9.47 Å². The van der Waals surface area contributed by atoms with Gasteiger partial charge in [0.05, 0.1) is 19.6 Å². The van der Waals surface area contributed by atoms with E-state index in [1.54, 1.807) is 20.4 Å². The first kappa shape index (κ1) is 14.7. The van der Waals surface area contributed by atoms with E-state index in [2.05, 4.69) is 4.98 Å². The van der Waals surface area contributed by atoms with Crippen LogP contribution in [0.25, 0.3) is 0 Å². The average molecular weight is 292 g/mol. The Morgan fingerprint density at radius 3 is 2.65 bits per heavy atom. The molecule has 3 nitrogen and oxygen atoms in total. The van der Waals surface area contributed by atoms with Crippen LogP contribution in [-0.2, 0) is 6.42 Å². The van der Waals surface area contributed by atoms with Crippen LogP contribution >= 0.6 is 11.6 Å². The molecule has 0 amide bonds. The first-order valence-electron chi connectivity index (χ1n) is 6.42. The molecular weight excluding hydrogens is 274 g/mol. The number of pyridine rings is 1. The summed E-state index contributed by atoms with van der Waals surface area (Å²) in [5.41, 5.74) is 3.09. The first-order chi connectivity index (χ1) is 9.65. The molecule has 1 aromatic heterocycles. The molecule has 1 unspecified atom stereocenters. The number of ether oxygens (including phenoxy) is 2. The molecule has 0 N–H and O–H groups in total. The van der Waals surface area contributed by atoms with Crippen LogP contribution in [0.4, 0.5) is 0 Å². The lowest BCUT2D eigenvalue weighted by Crippen LogP contribution is -2.02. The lowest BCUT2D eigenvalue weighted by molar-refractivity contribution is 0.390. The van der Waals surface area contributed by atoms with Crippen molar-refractivity contribution in [3.8, 4) is 11.5 Å². The Labute approximate surface area is 124 Å². The molecule has 0 spiro atoms. The van der Waals surface area contributed by atoms with Crippen LogP contribution in [0.5, 0.6) is 11.5 Å². The summed E-state index contributed by atoms with van der Waals surface area (Å²) in [6.07, 6.45) is 2.45. The fourth-order valence-corrected chi connectivity index (χ4v) is 2.42. The van der Waals surface area contributed by atoms with Crippen molar-refractivity contribution in [2.45, 2.75) is 18.7 Å². The molecule has 1 atom stereocenters. The summed E-state index contributed by atoms with van der Waals surface area (Å²) in [6.45, 7) is 2.04. The Kier molecular flexibility index (Phi) is 4.85. The highest BCUT2D eigenvalue weighted by atomic mass is 35.5. The summed E-state index contributed by atoms with van der Waals surface area (Å²) in [4.78, 5) is 4.38. The Bertz CT molecular complexity index is 586. The fourth-order valence-electron chi connectivity index (χ4n) is 2.09. The largest absolute Gasteiger partial charge is 0.497 e. The minimum atomic E-state index is -0.190. The number of benzene rings is 1.